The first-order valence-corrected chi connectivity index (χ1v) is 5.01. The first kappa shape index (κ1) is 9.77. The first-order chi connectivity index (χ1) is 7.16. The van der Waals surface area contributed by atoms with Crippen molar-refractivity contribution in [1.82, 2.24) is 9.66 Å². The molecule has 0 unspecified atom stereocenters. The van der Waals surface area contributed by atoms with Crippen molar-refractivity contribution >= 4 is 5.82 Å². The predicted molar refractivity (Wildman–Crippen MR) is 61.9 cm³/mol. The van der Waals surface area contributed by atoms with Gasteiger partial charge in [-0.3, -0.25) is 10.1 Å². The molecule has 78 valence electrons. The minimum Gasteiger partial charge on any atom is -0.278 e. The second kappa shape index (κ2) is 3.77. The summed E-state index contributed by atoms with van der Waals surface area (Å²) in [5.74, 6) is 0.873. The second-order valence-electron chi connectivity index (χ2n) is 3.78. The molecule has 0 bridgehead atoms. The molecule has 2 aromatic rings. The van der Waals surface area contributed by atoms with E-state index >= 15 is 0 Å². The van der Waals surface area contributed by atoms with Crippen LogP contribution in [-0.4, -0.2) is 9.66 Å². The van der Waals surface area contributed by atoms with Crippen molar-refractivity contribution in [3.8, 4) is 0 Å². The van der Waals surface area contributed by atoms with Crippen LogP contribution in [0.3, 0.4) is 0 Å². The van der Waals surface area contributed by atoms with Crippen LogP contribution in [0.5, 0.6) is 0 Å². The summed E-state index contributed by atoms with van der Waals surface area (Å²) in [5, 5.41) is 0. The van der Waals surface area contributed by atoms with E-state index in [1.807, 2.05) is 23.0 Å². The maximum absolute atomic E-state index is 4.26. The van der Waals surface area contributed by atoms with E-state index in [4.69, 9.17) is 0 Å². The summed E-state index contributed by atoms with van der Waals surface area (Å²) < 4.78 is 2.03. The van der Waals surface area contributed by atoms with E-state index in [9.17, 15) is 0 Å². The molecular weight excluding hydrogens is 186 g/mol. The fourth-order valence-corrected chi connectivity index (χ4v) is 1.56. The summed E-state index contributed by atoms with van der Waals surface area (Å²) in [7, 11) is 0. The van der Waals surface area contributed by atoms with Crippen LogP contribution < -0.4 is 5.43 Å². The van der Waals surface area contributed by atoms with Crippen molar-refractivity contribution in [2.24, 2.45) is 0 Å². The minimum absolute atomic E-state index is 0.873. The van der Waals surface area contributed by atoms with Gasteiger partial charge < -0.3 is 0 Å². The number of pyridine rings is 1. The standard InChI is InChI=1S/C12H15N3/c1-9-6-7-13-12(8-9)14-15-10(2)4-5-11(15)3/h4-8H,1-3H3,(H,13,14). The minimum atomic E-state index is 0.873. The lowest BCUT2D eigenvalue weighted by atomic mass is 10.3. The molecule has 0 fully saturated rings. The Kier molecular flexibility index (Phi) is 2.46. The van der Waals surface area contributed by atoms with Gasteiger partial charge >= 0.3 is 0 Å². The first-order valence-electron chi connectivity index (χ1n) is 5.01. The van der Waals surface area contributed by atoms with E-state index in [1.54, 1.807) is 0 Å². The van der Waals surface area contributed by atoms with Crippen LogP contribution in [0.15, 0.2) is 30.5 Å². The number of aryl methyl sites for hydroxylation is 3. The third-order valence-corrected chi connectivity index (χ3v) is 2.41. The molecule has 1 N–H and O–H groups in total. The molecule has 0 aromatic carbocycles. The maximum atomic E-state index is 4.26. The molecule has 15 heavy (non-hydrogen) atoms. The van der Waals surface area contributed by atoms with Crippen molar-refractivity contribution in [1.29, 1.82) is 0 Å². The molecule has 0 radical (unpaired) electrons. The van der Waals surface area contributed by atoms with Gasteiger partial charge in [-0.05, 0) is 50.6 Å². The molecule has 0 amide bonds. The molecule has 3 heteroatoms. The Bertz CT molecular complexity index is 452. The number of rotatable bonds is 2. The number of aromatic nitrogens is 2. The zero-order valence-electron chi connectivity index (χ0n) is 9.28. The van der Waals surface area contributed by atoms with Gasteiger partial charge in [0.25, 0.3) is 0 Å². The van der Waals surface area contributed by atoms with Crippen molar-refractivity contribution in [3.63, 3.8) is 0 Å². The summed E-state index contributed by atoms with van der Waals surface area (Å²) in [5.41, 5.74) is 6.82. The summed E-state index contributed by atoms with van der Waals surface area (Å²) >= 11 is 0. The van der Waals surface area contributed by atoms with Gasteiger partial charge in [-0.25, -0.2) is 4.98 Å². The quantitative estimate of drug-likeness (QED) is 0.809. The van der Waals surface area contributed by atoms with Gasteiger partial charge in [0.05, 0.1) is 0 Å². The number of hydrogen-bond donors (Lipinski definition) is 1. The number of nitrogens with one attached hydrogen (secondary N) is 1. The molecule has 0 spiro atoms. The molecule has 0 saturated carbocycles. The lowest BCUT2D eigenvalue weighted by Gasteiger charge is -2.11. The summed E-state index contributed by atoms with van der Waals surface area (Å²) in [4.78, 5) is 4.26. The van der Waals surface area contributed by atoms with E-state index in [0.29, 0.717) is 0 Å². The Morgan fingerprint density at radius 2 is 1.73 bits per heavy atom. The highest BCUT2D eigenvalue weighted by Crippen LogP contribution is 2.10. The van der Waals surface area contributed by atoms with Gasteiger partial charge in [-0.2, -0.15) is 0 Å². The van der Waals surface area contributed by atoms with Crippen LogP contribution in [-0.2, 0) is 0 Å². The molecule has 2 aromatic heterocycles. The normalized spacial score (nSPS) is 10.3. The number of anilines is 1. The van der Waals surface area contributed by atoms with Gasteiger partial charge in [-0.15, -0.1) is 0 Å². The Morgan fingerprint density at radius 1 is 1.07 bits per heavy atom. The SMILES string of the molecule is Cc1ccnc(Nn2c(C)ccc2C)c1. The van der Waals surface area contributed by atoms with Crippen LogP contribution in [0.2, 0.25) is 0 Å². The molecule has 2 heterocycles. The molecular formula is C12H15N3. The van der Waals surface area contributed by atoms with Crippen LogP contribution >= 0.6 is 0 Å². The Morgan fingerprint density at radius 3 is 2.33 bits per heavy atom. The lowest BCUT2D eigenvalue weighted by molar-refractivity contribution is 0.870. The van der Waals surface area contributed by atoms with Gasteiger partial charge in [0, 0.05) is 17.6 Å². The van der Waals surface area contributed by atoms with Crippen LogP contribution in [0, 0.1) is 20.8 Å². The highest BCUT2D eigenvalue weighted by molar-refractivity contribution is 5.38. The summed E-state index contributed by atoms with van der Waals surface area (Å²) in [6, 6.07) is 8.18. The monoisotopic (exact) mass is 201 g/mol. The molecule has 3 nitrogen and oxygen atoms in total. The van der Waals surface area contributed by atoms with Crippen molar-refractivity contribution in [3.05, 3.63) is 47.4 Å². The number of nitrogens with zero attached hydrogens (tertiary/aromatic N) is 2. The molecule has 0 aliphatic carbocycles. The van der Waals surface area contributed by atoms with Crippen LogP contribution in [0.25, 0.3) is 0 Å². The molecule has 0 aliphatic rings. The average Bonchev–Trinajstić information content (AvgIpc) is 2.50. The fourth-order valence-electron chi connectivity index (χ4n) is 1.56. The highest BCUT2D eigenvalue weighted by atomic mass is 15.4. The van der Waals surface area contributed by atoms with Gasteiger partial charge in [0.15, 0.2) is 0 Å². The molecule has 0 atom stereocenters. The third kappa shape index (κ3) is 2.01. The lowest BCUT2D eigenvalue weighted by Crippen LogP contribution is -2.13. The van der Waals surface area contributed by atoms with Crippen molar-refractivity contribution in [2.75, 3.05) is 5.43 Å². The largest absolute Gasteiger partial charge is 0.278 e. The van der Waals surface area contributed by atoms with Gasteiger partial charge in [0.2, 0.25) is 0 Å². The Labute approximate surface area is 89.7 Å². The van der Waals surface area contributed by atoms with E-state index in [0.717, 1.165) is 5.82 Å². The second-order valence-corrected chi connectivity index (χ2v) is 3.78. The Balaban J connectivity index is 2.29. The highest BCUT2D eigenvalue weighted by Gasteiger charge is 2.01. The van der Waals surface area contributed by atoms with Crippen LogP contribution in [0.1, 0.15) is 17.0 Å². The molecule has 2 rings (SSSR count). The van der Waals surface area contributed by atoms with Crippen molar-refractivity contribution in [2.45, 2.75) is 20.8 Å². The Hall–Kier alpha value is -1.77. The maximum Gasteiger partial charge on any atom is 0.145 e. The van der Waals surface area contributed by atoms with Gasteiger partial charge in [-0.1, -0.05) is 0 Å². The van der Waals surface area contributed by atoms with Crippen molar-refractivity contribution < 1.29 is 0 Å². The van der Waals surface area contributed by atoms with E-state index < -0.39 is 0 Å². The smallest absolute Gasteiger partial charge is 0.145 e. The number of hydrogen-bond acceptors (Lipinski definition) is 2. The van der Waals surface area contributed by atoms with Crippen LogP contribution in [0.4, 0.5) is 5.82 Å². The van der Waals surface area contributed by atoms with E-state index in [-0.39, 0.29) is 0 Å². The zero-order chi connectivity index (χ0) is 10.8. The molecule has 0 aliphatic heterocycles. The fraction of sp³-hybridized carbons (Fsp3) is 0.250. The summed E-state index contributed by atoms with van der Waals surface area (Å²) in [6.45, 7) is 6.19. The topological polar surface area (TPSA) is 29.9 Å². The van der Waals surface area contributed by atoms with E-state index in [1.165, 1.54) is 17.0 Å². The third-order valence-electron chi connectivity index (χ3n) is 2.41. The summed E-state index contributed by atoms with van der Waals surface area (Å²) in [6.07, 6.45) is 1.81. The predicted octanol–water partition coefficient (Wildman–Crippen LogP) is 2.68. The average molecular weight is 201 g/mol. The molecule has 0 saturated heterocycles. The van der Waals surface area contributed by atoms with Gasteiger partial charge in [0.1, 0.15) is 5.82 Å². The van der Waals surface area contributed by atoms with E-state index in [2.05, 4.69) is 43.3 Å². The zero-order valence-corrected chi connectivity index (χ0v) is 9.28.